The number of ether oxygens (including phenoxy) is 1. The standard InChI is InChI=1S/C17H17F3N4O/c1-11-5-6-22-16(7-11)25-10-13(24-21)9-23-12-3-4-15(18)14(8-12)17(2,19)20/h3-9H,10,21H2,1-2H3. The number of pyridine rings is 1. The average molecular weight is 350 g/mol. The number of nitrogens with zero attached hydrogens (tertiary/aromatic N) is 3. The number of nitrogens with two attached hydrogens (primary N) is 1. The fourth-order valence-corrected chi connectivity index (χ4v) is 1.92. The average Bonchev–Trinajstić information content (AvgIpc) is 2.55. The van der Waals surface area contributed by atoms with E-state index in [9.17, 15) is 13.2 Å². The monoisotopic (exact) mass is 350 g/mol. The number of hydrogen-bond acceptors (Lipinski definition) is 5. The molecule has 2 N–H and O–H groups in total. The Labute approximate surface area is 143 Å². The SMILES string of the molecule is Cc1ccnc(OCC(C=Nc2ccc(F)c(C(C)(F)F)c2)=NN)c1. The number of aromatic nitrogens is 1. The smallest absolute Gasteiger partial charge is 0.273 e. The van der Waals surface area contributed by atoms with Crippen molar-refractivity contribution in [2.24, 2.45) is 15.9 Å². The lowest BCUT2D eigenvalue weighted by molar-refractivity contribution is 0.0138. The molecule has 1 aromatic carbocycles. The van der Waals surface area contributed by atoms with Crippen molar-refractivity contribution in [1.29, 1.82) is 0 Å². The molecular weight excluding hydrogens is 333 g/mol. The number of hydrogen-bond donors (Lipinski definition) is 1. The van der Waals surface area contributed by atoms with Crippen LogP contribution in [0.2, 0.25) is 0 Å². The fourth-order valence-electron chi connectivity index (χ4n) is 1.92. The summed E-state index contributed by atoms with van der Waals surface area (Å²) < 4.78 is 45.6. The Hall–Kier alpha value is -2.90. The van der Waals surface area contributed by atoms with Gasteiger partial charge in [-0.1, -0.05) is 0 Å². The lowest BCUT2D eigenvalue weighted by Gasteiger charge is -2.11. The molecule has 0 aliphatic heterocycles. The van der Waals surface area contributed by atoms with Crippen molar-refractivity contribution in [2.75, 3.05) is 6.61 Å². The van der Waals surface area contributed by atoms with Crippen LogP contribution in [0.4, 0.5) is 18.9 Å². The number of rotatable bonds is 6. The first-order valence-electron chi connectivity index (χ1n) is 7.33. The van der Waals surface area contributed by atoms with Gasteiger partial charge in [-0.05, 0) is 36.8 Å². The number of aliphatic imine (C=N–C) groups is 1. The van der Waals surface area contributed by atoms with Gasteiger partial charge in [-0.15, -0.1) is 0 Å². The summed E-state index contributed by atoms with van der Waals surface area (Å²) in [6, 6.07) is 6.75. The highest BCUT2D eigenvalue weighted by molar-refractivity contribution is 6.31. The molecular formula is C17H17F3N4O. The van der Waals surface area contributed by atoms with Crippen LogP contribution in [0.5, 0.6) is 5.88 Å². The van der Waals surface area contributed by atoms with Crippen LogP contribution in [0.15, 0.2) is 46.6 Å². The maximum absolute atomic E-state index is 13.5. The van der Waals surface area contributed by atoms with Crippen LogP contribution in [0.25, 0.3) is 0 Å². The number of aryl methyl sites for hydroxylation is 1. The number of alkyl halides is 2. The summed E-state index contributed by atoms with van der Waals surface area (Å²) in [6.07, 6.45) is 2.86. The van der Waals surface area contributed by atoms with Crippen molar-refractivity contribution in [3.63, 3.8) is 0 Å². The van der Waals surface area contributed by atoms with Gasteiger partial charge < -0.3 is 10.6 Å². The summed E-state index contributed by atoms with van der Waals surface area (Å²) in [5, 5.41) is 3.52. The third kappa shape index (κ3) is 5.30. The van der Waals surface area contributed by atoms with Gasteiger partial charge in [0.2, 0.25) is 5.88 Å². The van der Waals surface area contributed by atoms with Gasteiger partial charge in [0.15, 0.2) is 0 Å². The molecule has 132 valence electrons. The lowest BCUT2D eigenvalue weighted by Crippen LogP contribution is -2.15. The summed E-state index contributed by atoms with van der Waals surface area (Å²) in [5.74, 6) is 1.37. The second-order valence-corrected chi connectivity index (χ2v) is 5.39. The van der Waals surface area contributed by atoms with E-state index in [2.05, 4.69) is 15.1 Å². The minimum Gasteiger partial charge on any atom is -0.471 e. The highest BCUT2D eigenvalue weighted by Gasteiger charge is 2.28. The first kappa shape index (κ1) is 18.4. The zero-order valence-corrected chi connectivity index (χ0v) is 13.7. The largest absolute Gasteiger partial charge is 0.471 e. The van der Waals surface area contributed by atoms with Crippen LogP contribution >= 0.6 is 0 Å². The van der Waals surface area contributed by atoms with Crippen molar-refractivity contribution in [3.8, 4) is 5.88 Å². The van der Waals surface area contributed by atoms with Gasteiger partial charge >= 0.3 is 0 Å². The summed E-state index contributed by atoms with van der Waals surface area (Å²) in [6.45, 7) is 2.51. The Morgan fingerprint density at radius 1 is 1.32 bits per heavy atom. The van der Waals surface area contributed by atoms with Crippen LogP contribution in [-0.4, -0.2) is 23.5 Å². The number of hydrazone groups is 1. The van der Waals surface area contributed by atoms with Gasteiger partial charge in [-0.25, -0.2) is 18.2 Å². The van der Waals surface area contributed by atoms with Gasteiger partial charge in [0.1, 0.15) is 18.1 Å². The summed E-state index contributed by atoms with van der Waals surface area (Å²) in [4.78, 5) is 8.01. The van der Waals surface area contributed by atoms with Gasteiger partial charge in [0.25, 0.3) is 5.92 Å². The van der Waals surface area contributed by atoms with E-state index in [4.69, 9.17) is 10.6 Å². The topological polar surface area (TPSA) is 72.9 Å². The molecule has 0 aliphatic carbocycles. The second kappa shape index (κ2) is 7.78. The van der Waals surface area contributed by atoms with Crippen LogP contribution in [0.1, 0.15) is 18.1 Å². The van der Waals surface area contributed by atoms with Gasteiger partial charge in [0.05, 0.1) is 17.5 Å². The third-order valence-electron chi connectivity index (χ3n) is 3.21. The maximum atomic E-state index is 13.5. The van der Waals surface area contributed by atoms with E-state index >= 15 is 0 Å². The zero-order chi connectivity index (χ0) is 18.4. The van der Waals surface area contributed by atoms with E-state index in [0.717, 1.165) is 17.7 Å². The fraction of sp³-hybridized carbons (Fsp3) is 0.235. The molecule has 1 aromatic heterocycles. The van der Waals surface area contributed by atoms with Crippen molar-refractivity contribution in [3.05, 3.63) is 53.5 Å². The third-order valence-corrected chi connectivity index (χ3v) is 3.21. The van der Waals surface area contributed by atoms with Gasteiger partial charge in [-0.3, -0.25) is 4.99 Å². The van der Waals surface area contributed by atoms with Crippen molar-refractivity contribution in [2.45, 2.75) is 19.8 Å². The van der Waals surface area contributed by atoms with Crippen molar-refractivity contribution < 1.29 is 17.9 Å². The number of benzene rings is 1. The first-order valence-corrected chi connectivity index (χ1v) is 7.33. The predicted molar refractivity (Wildman–Crippen MR) is 90.2 cm³/mol. The maximum Gasteiger partial charge on any atom is 0.273 e. The Morgan fingerprint density at radius 2 is 2.08 bits per heavy atom. The molecule has 1 heterocycles. The van der Waals surface area contributed by atoms with Crippen LogP contribution < -0.4 is 10.6 Å². The molecule has 2 rings (SSSR count). The molecule has 0 fully saturated rings. The lowest BCUT2D eigenvalue weighted by atomic mass is 10.1. The predicted octanol–water partition coefficient (Wildman–Crippen LogP) is 3.74. The van der Waals surface area contributed by atoms with Gasteiger partial charge in [0, 0.05) is 19.2 Å². The Kier molecular flexibility index (Phi) is 5.74. The minimum absolute atomic E-state index is 0.00551. The Balaban J connectivity index is 2.09. The molecule has 0 amide bonds. The molecule has 5 nitrogen and oxygen atoms in total. The van der Waals surface area contributed by atoms with Crippen molar-refractivity contribution >= 4 is 17.6 Å². The quantitative estimate of drug-likeness (QED) is 0.490. The molecule has 25 heavy (non-hydrogen) atoms. The van der Waals surface area contributed by atoms with E-state index < -0.39 is 17.3 Å². The molecule has 0 saturated carbocycles. The van der Waals surface area contributed by atoms with Crippen LogP contribution in [-0.2, 0) is 5.92 Å². The van der Waals surface area contributed by atoms with E-state index in [1.807, 2.05) is 13.0 Å². The molecule has 0 saturated heterocycles. The zero-order valence-electron chi connectivity index (χ0n) is 13.7. The van der Waals surface area contributed by atoms with E-state index in [1.54, 1.807) is 12.3 Å². The molecule has 0 spiro atoms. The van der Waals surface area contributed by atoms with E-state index in [1.165, 1.54) is 12.3 Å². The second-order valence-electron chi connectivity index (χ2n) is 5.39. The Bertz CT molecular complexity index is 801. The number of halogens is 3. The molecule has 0 radical (unpaired) electrons. The molecule has 0 atom stereocenters. The van der Waals surface area contributed by atoms with Crippen LogP contribution in [0, 0.1) is 12.7 Å². The van der Waals surface area contributed by atoms with Crippen molar-refractivity contribution in [1.82, 2.24) is 4.98 Å². The van der Waals surface area contributed by atoms with E-state index in [-0.39, 0.29) is 18.0 Å². The normalized spacial score (nSPS) is 12.6. The highest BCUT2D eigenvalue weighted by atomic mass is 19.3. The molecule has 0 bridgehead atoms. The molecule has 2 aromatic rings. The molecule has 8 heteroatoms. The first-order chi connectivity index (χ1) is 11.8. The minimum atomic E-state index is -3.31. The van der Waals surface area contributed by atoms with E-state index in [0.29, 0.717) is 12.8 Å². The highest BCUT2D eigenvalue weighted by Crippen LogP contribution is 2.31. The summed E-state index contributed by atoms with van der Waals surface area (Å²) in [5.41, 5.74) is 0.656. The molecule has 0 aliphatic rings. The molecule has 0 unspecified atom stereocenters. The summed E-state index contributed by atoms with van der Waals surface area (Å²) in [7, 11) is 0. The summed E-state index contributed by atoms with van der Waals surface area (Å²) >= 11 is 0. The van der Waals surface area contributed by atoms with Crippen LogP contribution in [0.3, 0.4) is 0 Å². The van der Waals surface area contributed by atoms with Gasteiger partial charge in [-0.2, -0.15) is 5.10 Å². The Morgan fingerprint density at radius 3 is 2.72 bits per heavy atom.